The quantitative estimate of drug-likeness (QED) is 0.630. The third kappa shape index (κ3) is 3.16. The summed E-state index contributed by atoms with van der Waals surface area (Å²) < 4.78 is 1.47. The number of benzene rings is 2. The lowest BCUT2D eigenvalue weighted by Crippen LogP contribution is -2.37. The number of fused-ring (bicyclic) bond motifs is 1. The number of hydrogen-bond donors (Lipinski definition) is 2. The molecule has 4 rings (SSSR count). The third-order valence-electron chi connectivity index (χ3n) is 5.03. The first kappa shape index (κ1) is 19.2. The normalized spacial score (nSPS) is 18.2. The van der Waals surface area contributed by atoms with E-state index in [0.717, 1.165) is 0 Å². The van der Waals surface area contributed by atoms with Crippen molar-refractivity contribution in [2.45, 2.75) is 12.0 Å². The Hall–Kier alpha value is -4.14. The maximum absolute atomic E-state index is 12.1. The molecule has 1 amide bonds. The number of likely N-dealkylation sites (tertiary alicyclic amines) is 1. The molecule has 8 nitrogen and oxygen atoms in total. The molecule has 3 aromatic rings. The second-order valence-electron chi connectivity index (χ2n) is 7.05. The van der Waals surface area contributed by atoms with Gasteiger partial charge in [-0.05, 0) is 36.4 Å². The van der Waals surface area contributed by atoms with Gasteiger partial charge < -0.3 is 15.1 Å². The number of amides is 1. The number of carbonyl (C=O) groups excluding carboxylic acids is 1. The van der Waals surface area contributed by atoms with E-state index in [-0.39, 0.29) is 12.1 Å². The fraction of sp³-hybridized carbons (Fsp3) is 0.182. The number of aromatic carboxylic acids is 1. The van der Waals surface area contributed by atoms with Gasteiger partial charge in [0.25, 0.3) is 5.91 Å². The molecule has 2 aromatic carbocycles. The Kier molecular flexibility index (Phi) is 4.50. The molecule has 1 aliphatic heterocycles. The van der Waals surface area contributed by atoms with Crippen LogP contribution < -0.4 is 0 Å². The SMILES string of the molecule is CN1CC[C@@](O)(C#Cc2cccc(-n3nc(C(=O)O)c4cc(C#N)ccc43)c2)C1=O. The molecule has 1 aromatic heterocycles. The molecule has 2 N–H and O–H groups in total. The first-order valence-electron chi connectivity index (χ1n) is 9.10. The molecule has 1 aliphatic rings. The van der Waals surface area contributed by atoms with E-state index in [2.05, 4.69) is 16.9 Å². The largest absolute Gasteiger partial charge is 0.476 e. The lowest BCUT2D eigenvalue weighted by molar-refractivity contribution is -0.137. The summed E-state index contributed by atoms with van der Waals surface area (Å²) in [5.41, 5.74) is 0.106. The summed E-state index contributed by atoms with van der Waals surface area (Å²) in [4.78, 5) is 25.1. The van der Waals surface area contributed by atoms with Crippen molar-refractivity contribution in [1.29, 1.82) is 5.26 Å². The van der Waals surface area contributed by atoms with Crippen LogP contribution in [0, 0.1) is 23.2 Å². The van der Waals surface area contributed by atoms with Gasteiger partial charge in [-0.25, -0.2) is 9.48 Å². The highest BCUT2D eigenvalue weighted by molar-refractivity contribution is 6.02. The molecular formula is C22H16N4O4. The van der Waals surface area contributed by atoms with E-state index >= 15 is 0 Å². The standard InChI is InChI=1S/C22H16N4O4/c1-25-10-9-22(30,21(25)29)8-7-14-3-2-4-16(11-14)26-18-6-5-15(13-23)12-17(18)19(24-26)20(27)28/h2-6,11-12,30H,9-10H2,1H3,(H,27,28)/t22-/m0/s1. The van der Waals surface area contributed by atoms with Crippen molar-refractivity contribution in [2.75, 3.05) is 13.6 Å². The van der Waals surface area contributed by atoms with Gasteiger partial charge in [0.1, 0.15) is 0 Å². The number of carboxylic acids is 1. The molecule has 148 valence electrons. The van der Waals surface area contributed by atoms with Crippen LogP contribution in [-0.4, -0.2) is 56.0 Å². The first-order chi connectivity index (χ1) is 14.3. The molecule has 0 unspecified atom stereocenters. The molecule has 1 atom stereocenters. The van der Waals surface area contributed by atoms with E-state index in [9.17, 15) is 19.8 Å². The number of rotatable bonds is 2. The molecule has 1 fully saturated rings. The molecule has 0 spiro atoms. The van der Waals surface area contributed by atoms with Gasteiger partial charge in [0, 0.05) is 31.0 Å². The van der Waals surface area contributed by atoms with Crippen LogP contribution in [0.2, 0.25) is 0 Å². The summed E-state index contributed by atoms with van der Waals surface area (Å²) in [6.45, 7) is 0.436. The van der Waals surface area contributed by atoms with E-state index in [1.54, 1.807) is 43.4 Å². The Morgan fingerprint density at radius 1 is 1.23 bits per heavy atom. The molecule has 8 heteroatoms. The molecule has 1 saturated heterocycles. The summed E-state index contributed by atoms with van der Waals surface area (Å²) in [5.74, 6) is 3.87. The highest BCUT2D eigenvalue weighted by Crippen LogP contribution is 2.25. The van der Waals surface area contributed by atoms with Crippen LogP contribution in [0.4, 0.5) is 0 Å². The van der Waals surface area contributed by atoms with E-state index < -0.39 is 17.5 Å². The van der Waals surface area contributed by atoms with Crippen LogP contribution in [0.1, 0.15) is 28.0 Å². The fourth-order valence-corrected chi connectivity index (χ4v) is 3.40. The lowest BCUT2D eigenvalue weighted by atomic mass is 10.0. The minimum atomic E-state index is -1.70. The van der Waals surface area contributed by atoms with E-state index in [1.807, 2.05) is 6.07 Å². The smallest absolute Gasteiger partial charge is 0.357 e. The Morgan fingerprint density at radius 3 is 2.70 bits per heavy atom. The van der Waals surface area contributed by atoms with Crippen LogP contribution in [0.3, 0.4) is 0 Å². The number of likely N-dealkylation sites (N-methyl/N-ethyl adjacent to an activating group) is 1. The maximum atomic E-state index is 12.1. The fourth-order valence-electron chi connectivity index (χ4n) is 3.40. The number of hydrogen-bond acceptors (Lipinski definition) is 5. The number of aliphatic hydroxyl groups is 1. The number of nitriles is 1. The van der Waals surface area contributed by atoms with Gasteiger partial charge in [-0.15, -0.1) is 0 Å². The highest BCUT2D eigenvalue weighted by Gasteiger charge is 2.42. The van der Waals surface area contributed by atoms with Gasteiger partial charge in [-0.3, -0.25) is 4.79 Å². The molecule has 0 saturated carbocycles. The van der Waals surface area contributed by atoms with Crippen LogP contribution in [0.5, 0.6) is 0 Å². The Balaban J connectivity index is 1.78. The topological polar surface area (TPSA) is 119 Å². The van der Waals surface area contributed by atoms with Crippen LogP contribution in [0.25, 0.3) is 16.6 Å². The van der Waals surface area contributed by atoms with Crippen LogP contribution in [0.15, 0.2) is 42.5 Å². The van der Waals surface area contributed by atoms with Crippen LogP contribution >= 0.6 is 0 Å². The zero-order valence-electron chi connectivity index (χ0n) is 16.0. The van der Waals surface area contributed by atoms with Gasteiger partial charge in [-0.1, -0.05) is 17.9 Å². The predicted molar refractivity (Wildman–Crippen MR) is 107 cm³/mol. The zero-order chi connectivity index (χ0) is 21.5. The number of carboxylic acid groups (broad SMARTS) is 1. The molecule has 0 aliphatic carbocycles. The minimum Gasteiger partial charge on any atom is -0.476 e. The molecule has 2 heterocycles. The Labute approximate surface area is 171 Å². The number of aromatic nitrogens is 2. The van der Waals surface area contributed by atoms with E-state index in [1.165, 1.54) is 15.6 Å². The summed E-state index contributed by atoms with van der Waals surface area (Å²) in [6, 6.07) is 13.6. The molecule has 30 heavy (non-hydrogen) atoms. The molecular weight excluding hydrogens is 384 g/mol. The maximum Gasteiger partial charge on any atom is 0.357 e. The van der Waals surface area contributed by atoms with Crippen molar-refractivity contribution in [3.63, 3.8) is 0 Å². The number of carbonyl (C=O) groups is 2. The van der Waals surface area contributed by atoms with Gasteiger partial charge >= 0.3 is 5.97 Å². The first-order valence-corrected chi connectivity index (χ1v) is 9.10. The van der Waals surface area contributed by atoms with Crippen molar-refractivity contribution in [2.24, 2.45) is 0 Å². The van der Waals surface area contributed by atoms with Gasteiger partial charge in [0.15, 0.2) is 5.69 Å². The molecule has 0 radical (unpaired) electrons. The van der Waals surface area contributed by atoms with Crippen molar-refractivity contribution in [3.8, 4) is 23.6 Å². The average molecular weight is 400 g/mol. The van der Waals surface area contributed by atoms with Crippen molar-refractivity contribution in [3.05, 3.63) is 59.3 Å². The van der Waals surface area contributed by atoms with Crippen molar-refractivity contribution in [1.82, 2.24) is 14.7 Å². The van der Waals surface area contributed by atoms with Gasteiger partial charge in [0.05, 0.1) is 22.8 Å². The zero-order valence-corrected chi connectivity index (χ0v) is 16.0. The summed E-state index contributed by atoms with van der Waals surface area (Å²) in [5, 5.41) is 33.6. The van der Waals surface area contributed by atoms with Crippen molar-refractivity contribution >= 4 is 22.8 Å². The van der Waals surface area contributed by atoms with Crippen LogP contribution in [-0.2, 0) is 4.79 Å². The van der Waals surface area contributed by atoms with E-state index in [0.29, 0.717) is 34.3 Å². The van der Waals surface area contributed by atoms with E-state index in [4.69, 9.17) is 5.26 Å². The minimum absolute atomic E-state index is 0.160. The summed E-state index contributed by atoms with van der Waals surface area (Å²) in [6.07, 6.45) is 0.238. The summed E-state index contributed by atoms with van der Waals surface area (Å²) >= 11 is 0. The Bertz CT molecular complexity index is 1310. The third-order valence-corrected chi connectivity index (χ3v) is 5.03. The number of nitrogens with zero attached hydrogens (tertiary/aromatic N) is 4. The molecule has 0 bridgehead atoms. The predicted octanol–water partition coefficient (Wildman–Crippen LogP) is 1.54. The lowest BCUT2D eigenvalue weighted by Gasteiger charge is -2.13. The second kappa shape index (κ2) is 7.03. The summed E-state index contributed by atoms with van der Waals surface area (Å²) in [7, 11) is 1.61. The monoisotopic (exact) mass is 400 g/mol. The van der Waals surface area contributed by atoms with Crippen molar-refractivity contribution < 1.29 is 19.8 Å². The van der Waals surface area contributed by atoms with Gasteiger partial charge in [-0.2, -0.15) is 10.4 Å². The Morgan fingerprint density at radius 2 is 2.03 bits per heavy atom. The average Bonchev–Trinajstić information content (AvgIpc) is 3.26. The highest BCUT2D eigenvalue weighted by atomic mass is 16.4. The van der Waals surface area contributed by atoms with Gasteiger partial charge in [0.2, 0.25) is 5.60 Å². The second-order valence-corrected chi connectivity index (χ2v) is 7.05.